The Morgan fingerprint density at radius 3 is 2.90 bits per heavy atom. The van der Waals surface area contributed by atoms with Gasteiger partial charge in [-0.15, -0.1) is 0 Å². The number of anilines is 3. The van der Waals surface area contributed by atoms with Crippen molar-refractivity contribution < 1.29 is 9.66 Å². The second kappa shape index (κ2) is 5.93. The van der Waals surface area contributed by atoms with Crippen LogP contribution in [0.15, 0.2) is 30.5 Å². The molecule has 2 aromatic rings. The number of para-hydroxylation sites is 1. The zero-order valence-electron chi connectivity index (χ0n) is 10.7. The van der Waals surface area contributed by atoms with E-state index in [2.05, 4.69) is 15.3 Å². The fraction of sp³-hybridized carbons (Fsp3) is 0.167. The summed E-state index contributed by atoms with van der Waals surface area (Å²) in [6, 6.07) is 7.28. The molecule has 0 aliphatic heterocycles. The lowest BCUT2D eigenvalue weighted by Crippen LogP contribution is -2.05. The van der Waals surface area contributed by atoms with Crippen molar-refractivity contribution in [2.45, 2.75) is 6.61 Å². The second-order valence-corrected chi connectivity index (χ2v) is 3.93. The van der Waals surface area contributed by atoms with Gasteiger partial charge in [-0.05, 0) is 6.07 Å². The molecule has 20 heavy (non-hydrogen) atoms. The highest BCUT2D eigenvalue weighted by atomic mass is 16.6. The van der Waals surface area contributed by atoms with Crippen LogP contribution in [0.2, 0.25) is 0 Å². The summed E-state index contributed by atoms with van der Waals surface area (Å²) in [6.07, 6.45) is 1.07. The van der Waals surface area contributed by atoms with Gasteiger partial charge in [0, 0.05) is 18.4 Å². The van der Waals surface area contributed by atoms with Crippen LogP contribution in [-0.4, -0.2) is 22.0 Å². The summed E-state index contributed by atoms with van der Waals surface area (Å²) < 4.78 is 5.08. The average Bonchev–Trinajstić information content (AvgIpc) is 2.41. The Hall–Kier alpha value is -2.74. The van der Waals surface area contributed by atoms with Crippen LogP contribution in [0.1, 0.15) is 5.56 Å². The van der Waals surface area contributed by atoms with Crippen LogP contribution in [0.25, 0.3) is 0 Å². The Morgan fingerprint density at radius 1 is 1.45 bits per heavy atom. The monoisotopic (exact) mass is 275 g/mol. The lowest BCUT2D eigenvalue weighted by atomic mass is 10.2. The molecular formula is C12H13N5O3. The Labute approximate surface area is 114 Å². The summed E-state index contributed by atoms with van der Waals surface area (Å²) in [7, 11) is 1.57. The summed E-state index contributed by atoms with van der Waals surface area (Å²) in [5.41, 5.74) is 6.74. The van der Waals surface area contributed by atoms with E-state index in [4.69, 9.17) is 10.5 Å². The number of benzene rings is 1. The van der Waals surface area contributed by atoms with Gasteiger partial charge >= 0.3 is 5.69 Å². The maximum absolute atomic E-state index is 11.0. The molecule has 0 radical (unpaired) electrons. The van der Waals surface area contributed by atoms with Gasteiger partial charge in [-0.3, -0.25) is 10.1 Å². The number of nitrogens with zero attached hydrogens (tertiary/aromatic N) is 3. The fourth-order valence-electron chi connectivity index (χ4n) is 1.67. The van der Waals surface area contributed by atoms with Crippen molar-refractivity contribution in [3.05, 3.63) is 46.1 Å². The van der Waals surface area contributed by atoms with Gasteiger partial charge in [0.05, 0.1) is 11.5 Å². The maximum atomic E-state index is 11.0. The van der Waals surface area contributed by atoms with Gasteiger partial charge < -0.3 is 15.8 Å². The summed E-state index contributed by atoms with van der Waals surface area (Å²) in [5, 5.41) is 13.8. The van der Waals surface area contributed by atoms with Gasteiger partial charge in [0.15, 0.2) is 0 Å². The molecule has 0 aliphatic carbocycles. The summed E-state index contributed by atoms with van der Waals surface area (Å²) in [5.74, 6) is 0.00776. The molecular weight excluding hydrogens is 262 g/mol. The first kappa shape index (κ1) is 13.7. The molecule has 0 fully saturated rings. The van der Waals surface area contributed by atoms with E-state index in [1.807, 2.05) is 12.1 Å². The Balaban J connectivity index is 2.39. The third-order valence-corrected chi connectivity index (χ3v) is 2.56. The molecule has 0 unspecified atom stereocenters. The molecule has 1 aromatic carbocycles. The number of hydrogen-bond acceptors (Lipinski definition) is 7. The third kappa shape index (κ3) is 2.98. The molecule has 0 saturated carbocycles. The van der Waals surface area contributed by atoms with Gasteiger partial charge in [-0.1, -0.05) is 18.2 Å². The highest BCUT2D eigenvalue weighted by molar-refractivity contribution is 5.67. The van der Waals surface area contributed by atoms with Gasteiger partial charge in [-0.25, -0.2) is 4.98 Å². The van der Waals surface area contributed by atoms with Gasteiger partial charge in [0.25, 0.3) is 0 Å². The SMILES string of the molecule is COCc1ccccc1Nc1nc(N)ncc1[N+](=O)[O-]. The molecule has 1 aromatic heterocycles. The minimum atomic E-state index is -0.569. The number of rotatable bonds is 5. The molecule has 0 spiro atoms. The molecule has 0 aliphatic rings. The summed E-state index contributed by atoms with van der Waals surface area (Å²) >= 11 is 0. The molecule has 1 heterocycles. The highest BCUT2D eigenvalue weighted by Crippen LogP contribution is 2.27. The van der Waals surface area contributed by atoms with Gasteiger partial charge in [0.1, 0.15) is 6.20 Å². The maximum Gasteiger partial charge on any atom is 0.329 e. The number of nitro groups is 1. The predicted molar refractivity (Wildman–Crippen MR) is 73.5 cm³/mol. The zero-order chi connectivity index (χ0) is 14.5. The number of hydrogen-bond donors (Lipinski definition) is 2. The van der Waals surface area contributed by atoms with E-state index in [0.29, 0.717) is 12.3 Å². The van der Waals surface area contributed by atoms with Crippen LogP contribution in [-0.2, 0) is 11.3 Å². The van der Waals surface area contributed by atoms with Crippen molar-refractivity contribution in [2.24, 2.45) is 0 Å². The predicted octanol–water partition coefficient (Wildman–Crippen LogP) is 1.86. The smallest absolute Gasteiger partial charge is 0.329 e. The van der Waals surface area contributed by atoms with Crippen molar-refractivity contribution in [2.75, 3.05) is 18.2 Å². The Bertz CT molecular complexity index is 632. The molecule has 104 valence electrons. The van der Waals surface area contributed by atoms with Gasteiger partial charge in [-0.2, -0.15) is 4.98 Å². The standard InChI is InChI=1S/C12H13N5O3/c1-20-7-8-4-2-3-5-9(8)15-11-10(17(18)19)6-14-12(13)16-11/h2-6H,7H2,1H3,(H3,13,14,15,16). The molecule has 0 saturated heterocycles. The molecule has 0 atom stereocenters. The van der Waals surface area contributed by atoms with E-state index < -0.39 is 4.92 Å². The topological polar surface area (TPSA) is 116 Å². The van der Waals surface area contributed by atoms with E-state index in [1.165, 1.54) is 0 Å². The average molecular weight is 275 g/mol. The van der Waals surface area contributed by atoms with Crippen molar-refractivity contribution in [1.82, 2.24) is 9.97 Å². The van der Waals surface area contributed by atoms with Crippen LogP contribution in [0.3, 0.4) is 0 Å². The number of aromatic nitrogens is 2. The molecule has 0 amide bonds. The minimum absolute atomic E-state index is 0.0395. The van der Waals surface area contributed by atoms with E-state index in [1.54, 1.807) is 19.2 Å². The molecule has 3 N–H and O–H groups in total. The molecule has 8 heteroatoms. The van der Waals surface area contributed by atoms with E-state index in [9.17, 15) is 10.1 Å². The quantitative estimate of drug-likeness (QED) is 0.631. The number of ether oxygens (including phenoxy) is 1. The van der Waals surface area contributed by atoms with E-state index >= 15 is 0 Å². The van der Waals surface area contributed by atoms with Crippen molar-refractivity contribution in [3.8, 4) is 0 Å². The number of nitrogen functional groups attached to an aromatic ring is 1. The van der Waals surface area contributed by atoms with Crippen LogP contribution >= 0.6 is 0 Å². The number of nitrogens with two attached hydrogens (primary N) is 1. The van der Waals surface area contributed by atoms with Crippen molar-refractivity contribution >= 4 is 23.1 Å². The normalized spacial score (nSPS) is 10.2. The first-order valence-corrected chi connectivity index (χ1v) is 5.72. The molecule has 8 nitrogen and oxygen atoms in total. The fourth-order valence-corrected chi connectivity index (χ4v) is 1.67. The van der Waals surface area contributed by atoms with E-state index in [-0.39, 0.29) is 17.5 Å². The Morgan fingerprint density at radius 2 is 2.20 bits per heavy atom. The Kier molecular flexibility index (Phi) is 4.06. The van der Waals surface area contributed by atoms with Crippen LogP contribution in [0.5, 0.6) is 0 Å². The lowest BCUT2D eigenvalue weighted by molar-refractivity contribution is -0.384. The van der Waals surface area contributed by atoms with Gasteiger partial charge in [0.2, 0.25) is 11.8 Å². The van der Waals surface area contributed by atoms with E-state index in [0.717, 1.165) is 11.8 Å². The molecule has 2 rings (SSSR count). The zero-order valence-corrected chi connectivity index (χ0v) is 10.7. The minimum Gasteiger partial charge on any atom is -0.380 e. The first-order valence-electron chi connectivity index (χ1n) is 5.72. The highest BCUT2D eigenvalue weighted by Gasteiger charge is 2.17. The summed E-state index contributed by atoms with van der Waals surface area (Å²) in [6.45, 7) is 0.373. The number of nitrogens with one attached hydrogen (secondary N) is 1. The third-order valence-electron chi connectivity index (χ3n) is 2.56. The van der Waals surface area contributed by atoms with Crippen LogP contribution in [0.4, 0.5) is 23.1 Å². The number of methoxy groups -OCH3 is 1. The summed E-state index contributed by atoms with van der Waals surface area (Å²) in [4.78, 5) is 17.9. The lowest BCUT2D eigenvalue weighted by Gasteiger charge is -2.11. The van der Waals surface area contributed by atoms with Crippen LogP contribution in [0, 0.1) is 10.1 Å². The van der Waals surface area contributed by atoms with Crippen LogP contribution < -0.4 is 11.1 Å². The second-order valence-electron chi connectivity index (χ2n) is 3.93. The largest absolute Gasteiger partial charge is 0.380 e. The van der Waals surface area contributed by atoms with Crippen molar-refractivity contribution in [1.29, 1.82) is 0 Å². The molecule has 0 bridgehead atoms. The van der Waals surface area contributed by atoms with Crippen molar-refractivity contribution in [3.63, 3.8) is 0 Å². The first-order chi connectivity index (χ1) is 9.61.